The van der Waals surface area contributed by atoms with Gasteiger partial charge in [-0.1, -0.05) is 24.3 Å². The van der Waals surface area contributed by atoms with Crippen LogP contribution in [-0.4, -0.2) is 33.5 Å². The van der Waals surface area contributed by atoms with E-state index < -0.39 is 0 Å². The van der Waals surface area contributed by atoms with E-state index in [9.17, 15) is 4.79 Å². The van der Waals surface area contributed by atoms with Crippen LogP contribution in [0.3, 0.4) is 0 Å². The Morgan fingerprint density at radius 3 is 2.34 bits per heavy atom. The van der Waals surface area contributed by atoms with E-state index in [4.69, 9.17) is 4.42 Å². The number of benzene rings is 2. The van der Waals surface area contributed by atoms with Crippen molar-refractivity contribution in [2.75, 3.05) is 18.0 Å². The summed E-state index contributed by atoms with van der Waals surface area (Å²) in [5.74, 6) is 0.985. The fourth-order valence-corrected chi connectivity index (χ4v) is 5.17. The van der Waals surface area contributed by atoms with E-state index in [2.05, 4.69) is 31.4 Å². The van der Waals surface area contributed by atoms with Gasteiger partial charge in [0.2, 0.25) is 5.82 Å². The van der Waals surface area contributed by atoms with Gasteiger partial charge in [0.15, 0.2) is 5.82 Å². The maximum Gasteiger partial charge on any atom is 0.344 e. The molecule has 32 heavy (non-hydrogen) atoms. The van der Waals surface area contributed by atoms with E-state index in [0.29, 0.717) is 17.2 Å². The number of aromatic nitrogens is 4. The van der Waals surface area contributed by atoms with Crippen LogP contribution in [-0.2, 0) is 12.8 Å². The highest BCUT2D eigenvalue weighted by molar-refractivity contribution is 5.93. The van der Waals surface area contributed by atoms with Gasteiger partial charge in [-0.3, -0.25) is 0 Å². The molecule has 4 aromatic rings. The molecule has 6 rings (SSSR count). The summed E-state index contributed by atoms with van der Waals surface area (Å²) in [4.78, 5) is 15.6. The molecule has 0 fully saturated rings. The third-order valence-electron chi connectivity index (χ3n) is 6.66. The van der Waals surface area contributed by atoms with Crippen molar-refractivity contribution < 1.29 is 4.42 Å². The Balaban J connectivity index is 1.49. The van der Waals surface area contributed by atoms with E-state index in [1.807, 2.05) is 31.2 Å². The lowest BCUT2D eigenvalue weighted by Crippen LogP contribution is -2.34. The van der Waals surface area contributed by atoms with Crippen LogP contribution in [0, 0.1) is 13.8 Å². The standard InChI is InChI=1S/C25H23N5O2/c1-14-20-13-18-5-3-11-30-12-4-6-19(22(18)30)23(20)32-25(31)21(14)16-7-9-17(10-8-16)24-28-26-15(2)27-29-24/h7-10,13H,3-6,11-12H2,1-2H3. The van der Waals surface area contributed by atoms with Crippen LogP contribution in [0.1, 0.15) is 35.4 Å². The van der Waals surface area contributed by atoms with Gasteiger partial charge in [-0.2, -0.15) is 0 Å². The average molecular weight is 425 g/mol. The van der Waals surface area contributed by atoms with Crippen molar-refractivity contribution in [3.8, 4) is 22.5 Å². The second-order valence-electron chi connectivity index (χ2n) is 8.67. The van der Waals surface area contributed by atoms with E-state index in [0.717, 1.165) is 60.0 Å². The molecule has 4 heterocycles. The Morgan fingerprint density at radius 2 is 1.59 bits per heavy atom. The minimum Gasteiger partial charge on any atom is -0.422 e. The molecule has 0 spiro atoms. The fourth-order valence-electron chi connectivity index (χ4n) is 5.17. The predicted molar refractivity (Wildman–Crippen MR) is 123 cm³/mol. The normalized spacial score (nSPS) is 15.1. The predicted octanol–water partition coefficient (Wildman–Crippen LogP) is 4.02. The Kier molecular flexibility index (Phi) is 4.31. The SMILES string of the molecule is Cc1nnc(-c2ccc(-c3c(C)c4cc5c6c(c4oc3=O)CCCN6CCC5)cc2)nn1. The zero-order valence-corrected chi connectivity index (χ0v) is 18.2. The summed E-state index contributed by atoms with van der Waals surface area (Å²) in [7, 11) is 0. The van der Waals surface area contributed by atoms with Crippen LogP contribution >= 0.6 is 0 Å². The molecule has 160 valence electrons. The second kappa shape index (κ2) is 7.22. The van der Waals surface area contributed by atoms with Gasteiger partial charge in [-0.25, -0.2) is 4.79 Å². The van der Waals surface area contributed by atoms with Crippen molar-refractivity contribution in [1.29, 1.82) is 0 Å². The van der Waals surface area contributed by atoms with Gasteiger partial charge in [-0.05, 0) is 62.3 Å². The molecule has 0 aliphatic carbocycles. The molecule has 0 saturated carbocycles. The summed E-state index contributed by atoms with van der Waals surface area (Å²) < 4.78 is 6.00. The molecule has 2 aliphatic rings. The summed E-state index contributed by atoms with van der Waals surface area (Å²) in [6, 6.07) is 9.85. The zero-order valence-electron chi connectivity index (χ0n) is 18.2. The first-order chi connectivity index (χ1) is 15.6. The zero-order chi connectivity index (χ0) is 21.8. The summed E-state index contributed by atoms with van der Waals surface area (Å²) in [5.41, 5.74) is 7.59. The smallest absolute Gasteiger partial charge is 0.344 e. The molecule has 0 amide bonds. The Morgan fingerprint density at radius 1 is 0.906 bits per heavy atom. The van der Waals surface area contributed by atoms with Crippen LogP contribution in [0.2, 0.25) is 0 Å². The first-order valence-electron chi connectivity index (χ1n) is 11.1. The average Bonchev–Trinajstić information content (AvgIpc) is 2.81. The quantitative estimate of drug-likeness (QED) is 0.448. The summed E-state index contributed by atoms with van der Waals surface area (Å²) >= 11 is 0. The molecule has 2 aromatic heterocycles. The molecule has 0 saturated heterocycles. The third-order valence-corrected chi connectivity index (χ3v) is 6.66. The Hall–Kier alpha value is -3.61. The van der Waals surface area contributed by atoms with Crippen molar-refractivity contribution in [2.45, 2.75) is 39.5 Å². The van der Waals surface area contributed by atoms with Crippen LogP contribution in [0.15, 0.2) is 39.5 Å². The van der Waals surface area contributed by atoms with Gasteiger partial charge in [0, 0.05) is 35.3 Å². The summed E-state index contributed by atoms with van der Waals surface area (Å²) in [6.07, 6.45) is 4.32. The minimum absolute atomic E-state index is 0.290. The highest BCUT2D eigenvalue weighted by Gasteiger charge is 2.28. The van der Waals surface area contributed by atoms with Gasteiger partial charge in [0.1, 0.15) is 5.58 Å². The van der Waals surface area contributed by atoms with Crippen molar-refractivity contribution in [3.05, 3.63) is 63.3 Å². The number of fused-ring (bicyclic) bond motifs is 2. The minimum atomic E-state index is -0.290. The summed E-state index contributed by atoms with van der Waals surface area (Å²) in [6.45, 7) is 5.96. The molecule has 2 aliphatic heterocycles. The first-order valence-corrected chi connectivity index (χ1v) is 11.1. The molecule has 0 N–H and O–H groups in total. The number of aryl methyl sites for hydroxylation is 4. The molecule has 0 unspecified atom stereocenters. The van der Waals surface area contributed by atoms with Gasteiger partial charge in [-0.15, -0.1) is 20.4 Å². The van der Waals surface area contributed by atoms with Crippen molar-refractivity contribution in [1.82, 2.24) is 20.4 Å². The van der Waals surface area contributed by atoms with Crippen LogP contribution in [0.5, 0.6) is 0 Å². The van der Waals surface area contributed by atoms with E-state index in [1.54, 1.807) is 6.92 Å². The highest BCUT2D eigenvalue weighted by Crippen LogP contribution is 2.41. The second-order valence-corrected chi connectivity index (χ2v) is 8.67. The number of rotatable bonds is 2. The van der Waals surface area contributed by atoms with Gasteiger partial charge in [0.25, 0.3) is 0 Å². The van der Waals surface area contributed by atoms with Crippen LogP contribution in [0.4, 0.5) is 5.69 Å². The molecule has 0 bridgehead atoms. The maximum absolute atomic E-state index is 13.2. The lowest BCUT2D eigenvalue weighted by molar-refractivity contribution is 0.551. The number of nitrogens with zero attached hydrogens (tertiary/aromatic N) is 5. The van der Waals surface area contributed by atoms with Gasteiger partial charge < -0.3 is 9.32 Å². The first kappa shape index (κ1) is 19.1. The third kappa shape index (κ3) is 2.92. The monoisotopic (exact) mass is 425 g/mol. The number of hydrogen-bond acceptors (Lipinski definition) is 7. The van der Waals surface area contributed by atoms with Crippen molar-refractivity contribution >= 4 is 16.7 Å². The van der Waals surface area contributed by atoms with Crippen molar-refractivity contribution in [3.63, 3.8) is 0 Å². The fraction of sp³-hybridized carbons (Fsp3) is 0.320. The van der Waals surface area contributed by atoms with E-state index >= 15 is 0 Å². The molecular formula is C25H23N5O2. The maximum atomic E-state index is 13.2. The van der Waals surface area contributed by atoms with Crippen molar-refractivity contribution in [2.24, 2.45) is 0 Å². The molecular weight excluding hydrogens is 402 g/mol. The molecule has 7 heteroatoms. The number of hydrogen-bond donors (Lipinski definition) is 0. The van der Waals surface area contributed by atoms with E-state index in [1.165, 1.54) is 23.2 Å². The topological polar surface area (TPSA) is 85.0 Å². The van der Waals surface area contributed by atoms with Crippen LogP contribution in [0.25, 0.3) is 33.5 Å². The molecule has 0 atom stereocenters. The highest BCUT2D eigenvalue weighted by atomic mass is 16.4. The van der Waals surface area contributed by atoms with Gasteiger partial charge in [0.05, 0.1) is 5.56 Å². The molecule has 2 aromatic carbocycles. The number of anilines is 1. The van der Waals surface area contributed by atoms with E-state index in [-0.39, 0.29) is 5.63 Å². The van der Waals surface area contributed by atoms with Gasteiger partial charge >= 0.3 is 5.63 Å². The Bertz CT molecular complexity index is 1410. The van der Waals surface area contributed by atoms with Crippen LogP contribution < -0.4 is 10.5 Å². The summed E-state index contributed by atoms with van der Waals surface area (Å²) in [5, 5.41) is 17.2. The Labute approximate surface area is 185 Å². The molecule has 0 radical (unpaired) electrons. The molecule has 7 nitrogen and oxygen atoms in total. The lowest BCUT2D eigenvalue weighted by atomic mass is 9.88. The lowest BCUT2D eigenvalue weighted by Gasteiger charge is -2.37. The largest absolute Gasteiger partial charge is 0.422 e.